The number of nitrogens with one attached hydrogen (secondary N) is 1. The molecule has 0 saturated carbocycles. The number of anilines is 2. The highest BCUT2D eigenvalue weighted by molar-refractivity contribution is 8.02. The van der Waals surface area contributed by atoms with Crippen molar-refractivity contribution in [2.45, 2.75) is 22.9 Å². The molecule has 0 radical (unpaired) electrons. The Morgan fingerprint density at radius 1 is 1.43 bits per heavy atom. The zero-order chi connectivity index (χ0) is 16.2. The highest BCUT2D eigenvalue weighted by Gasteiger charge is 2.34. The first-order chi connectivity index (χ1) is 11.2. The summed E-state index contributed by atoms with van der Waals surface area (Å²) in [5.74, 6) is 0.0832. The highest BCUT2D eigenvalue weighted by Crippen LogP contribution is 2.35. The summed E-state index contributed by atoms with van der Waals surface area (Å²) in [6.07, 6.45) is 0.777. The first-order valence-corrected chi connectivity index (χ1v) is 8.96. The van der Waals surface area contributed by atoms with E-state index in [1.54, 1.807) is 17.0 Å². The maximum Gasteiger partial charge on any atom is 0.240 e. The van der Waals surface area contributed by atoms with E-state index in [0.29, 0.717) is 12.1 Å². The van der Waals surface area contributed by atoms with Crippen molar-refractivity contribution in [2.24, 2.45) is 0 Å². The van der Waals surface area contributed by atoms with Crippen molar-refractivity contribution >= 4 is 39.8 Å². The number of benzene rings is 1. The van der Waals surface area contributed by atoms with Crippen LogP contribution < -0.4 is 10.2 Å². The first kappa shape index (κ1) is 15.8. The monoisotopic (exact) mass is 345 g/mol. The Hall–Kier alpha value is -2.11. The average molecular weight is 345 g/mol. The van der Waals surface area contributed by atoms with Crippen molar-refractivity contribution in [2.75, 3.05) is 23.3 Å². The number of hydrogen-bond acceptors (Lipinski definition) is 7. The molecule has 6 nitrogen and oxygen atoms in total. The quantitative estimate of drug-likeness (QED) is 0.897. The van der Waals surface area contributed by atoms with Crippen LogP contribution in [0.1, 0.15) is 18.9 Å². The van der Waals surface area contributed by atoms with Crippen LogP contribution in [0.4, 0.5) is 10.8 Å². The molecule has 1 aliphatic heterocycles. The number of hydrogen-bond donors (Lipinski definition) is 1. The number of carbonyl (C=O) groups is 1. The minimum atomic E-state index is -0.131. The molecule has 1 aromatic heterocycles. The fourth-order valence-corrected chi connectivity index (χ4v) is 4.44. The molecule has 1 atom stereocenters. The van der Waals surface area contributed by atoms with Crippen LogP contribution in [-0.4, -0.2) is 34.4 Å². The third kappa shape index (κ3) is 3.46. The van der Waals surface area contributed by atoms with Crippen LogP contribution in [0.2, 0.25) is 0 Å². The zero-order valence-electron chi connectivity index (χ0n) is 12.5. The van der Waals surface area contributed by atoms with Gasteiger partial charge in [0.25, 0.3) is 0 Å². The molecule has 23 heavy (non-hydrogen) atoms. The molecule has 0 bridgehead atoms. The third-order valence-corrected chi connectivity index (χ3v) is 5.66. The molecule has 0 aliphatic carbocycles. The summed E-state index contributed by atoms with van der Waals surface area (Å²) < 4.78 is 0.806. The number of aromatic nitrogens is 2. The topological polar surface area (TPSA) is 81.9 Å². The number of amides is 1. The largest absolute Gasteiger partial charge is 0.360 e. The van der Waals surface area contributed by atoms with E-state index >= 15 is 0 Å². The standard InChI is InChI=1S/C15H15N5OS2/c1-2-17-14-18-19-15(23-14)22-12-7-8-20(13(12)21)11-5-3-10(9-16)4-6-11/h3-6,12H,2,7-8H2,1H3,(H,17,18). The Bertz CT molecular complexity index is 737. The van der Waals surface area contributed by atoms with Gasteiger partial charge in [0.15, 0.2) is 4.34 Å². The van der Waals surface area contributed by atoms with Gasteiger partial charge >= 0.3 is 0 Å². The first-order valence-electron chi connectivity index (χ1n) is 7.27. The predicted octanol–water partition coefficient (Wildman–Crippen LogP) is 2.74. The van der Waals surface area contributed by atoms with Crippen LogP contribution in [0.3, 0.4) is 0 Å². The number of carbonyl (C=O) groups excluding carboxylic acids is 1. The lowest BCUT2D eigenvalue weighted by Crippen LogP contribution is -2.27. The summed E-state index contributed by atoms with van der Waals surface area (Å²) in [6.45, 7) is 3.49. The molecule has 8 heteroatoms. The van der Waals surface area contributed by atoms with Gasteiger partial charge in [-0.3, -0.25) is 4.79 Å². The fraction of sp³-hybridized carbons (Fsp3) is 0.333. The van der Waals surface area contributed by atoms with Gasteiger partial charge in [-0.15, -0.1) is 10.2 Å². The molecule has 1 unspecified atom stereocenters. The molecule has 0 spiro atoms. The summed E-state index contributed by atoms with van der Waals surface area (Å²) in [4.78, 5) is 14.3. The van der Waals surface area contributed by atoms with Gasteiger partial charge in [0.2, 0.25) is 11.0 Å². The van der Waals surface area contributed by atoms with E-state index in [0.717, 1.165) is 28.1 Å². The van der Waals surface area contributed by atoms with Crippen molar-refractivity contribution in [1.29, 1.82) is 5.26 Å². The lowest BCUT2D eigenvalue weighted by molar-refractivity contribution is -0.116. The third-order valence-electron chi connectivity index (χ3n) is 3.44. The summed E-state index contributed by atoms with van der Waals surface area (Å²) in [5.41, 5.74) is 1.43. The van der Waals surface area contributed by atoms with Crippen LogP contribution in [0.15, 0.2) is 28.6 Å². The van der Waals surface area contributed by atoms with Gasteiger partial charge in [0, 0.05) is 18.8 Å². The van der Waals surface area contributed by atoms with Crippen LogP contribution in [0.25, 0.3) is 0 Å². The van der Waals surface area contributed by atoms with Crippen molar-refractivity contribution < 1.29 is 4.79 Å². The van der Waals surface area contributed by atoms with E-state index in [4.69, 9.17) is 5.26 Å². The number of nitrogens with zero attached hydrogens (tertiary/aromatic N) is 4. The zero-order valence-corrected chi connectivity index (χ0v) is 14.2. The van der Waals surface area contributed by atoms with Crippen LogP contribution in [-0.2, 0) is 4.79 Å². The minimum absolute atomic E-state index is 0.0832. The normalized spacial score (nSPS) is 17.3. The molecule has 118 valence electrons. The van der Waals surface area contributed by atoms with Gasteiger partial charge < -0.3 is 10.2 Å². The van der Waals surface area contributed by atoms with Gasteiger partial charge in [-0.25, -0.2) is 0 Å². The van der Waals surface area contributed by atoms with Crippen LogP contribution in [0, 0.1) is 11.3 Å². The molecule has 3 rings (SSSR count). The molecule has 1 fully saturated rings. The van der Waals surface area contributed by atoms with E-state index in [1.165, 1.54) is 23.1 Å². The number of nitriles is 1. The lowest BCUT2D eigenvalue weighted by Gasteiger charge is -2.16. The van der Waals surface area contributed by atoms with E-state index in [2.05, 4.69) is 21.6 Å². The van der Waals surface area contributed by atoms with E-state index in [9.17, 15) is 4.79 Å². The Morgan fingerprint density at radius 3 is 2.91 bits per heavy atom. The van der Waals surface area contributed by atoms with Crippen molar-refractivity contribution in [3.8, 4) is 6.07 Å². The number of thioether (sulfide) groups is 1. The van der Waals surface area contributed by atoms with Gasteiger partial charge in [-0.2, -0.15) is 5.26 Å². The van der Waals surface area contributed by atoms with Crippen molar-refractivity contribution in [3.05, 3.63) is 29.8 Å². The second-order valence-electron chi connectivity index (χ2n) is 4.95. The van der Waals surface area contributed by atoms with Gasteiger partial charge in [-0.1, -0.05) is 23.1 Å². The Morgan fingerprint density at radius 2 is 2.22 bits per heavy atom. The molecule has 1 N–H and O–H groups in total. The lowest BCUT2D eigenvalue weighted by atomic mass is 10.2. The van der Waals surface area contributed by atoms with Crippen molar-refractivity contribution in [1.82, 2.24) is 10.2 Å². The van der Waals surface area contributed by atoms with Gasteiger partial charge in [0.05, 0.1) is 16.9 Å². The average Bonchev–Trinajstić information content (AvgIpc) is 3.16. The van der Waals surface area contributed by atoms with Gasteiger partial charge in [-0.05, 0) is 37.6 Å². The highest BCUT2D eigenvalue weighted by atomic mass is 32.2. The Kier molecular flexibility index (Phi) is 4.79. The summed E-state index contributed by atoms with van der Waals surface area (Å²) in [6, 6.07) is 9.18. The Labute approximate surface area is 142 Å². The molecular weight excluding hydrogens is 330 g/mol. The molecule has 2 aromatic rings. The Balaban J connectivity index is 1.67. The molecule has 1 aromatic carbocycles. The molecule has 1 amide bonds. The van der Waals surface area contributed by atoms with Gasteiger partial charge in [0.1, 0.15) is 0 Å². The molecule has 2 heterocycles. The maximum absolute atomic E-state index is 12.6. The summed E-state index contributed by atoms with van der Waals surface area (Å²) >= 11 is 2.94. The summed E-state index contributed by atoms with van der Waals surface area (Å²) in [7, 11) is 0. The predicted molar refractivity (Wildman–Crippen MR) is 91.8 cm³/mol. The molecular formula is C15H15N5OS2. The molecule has 1 aliphatic rings. The van der Waals surface area contributed by atoms with E-state index < -0.39 is 0 Å². The number of rotatable bonds is 5. The smallest absolute Gasteiger partial charge is 0.240 e. The maximum atomic E-state index is 12.6. The minimum Gasteiger partial charge on any atom is -0.360 e. The van der Waals surface area contributed by atoms with E-state index in [-0.39, 0.29) is 11.2 Å². The van der Waals surface area contributed by atoms with Crippen LogP contribution in [0.5, 0.6) is 0 Å². The SMILES string of the molecule is CCNc1nnc(SC2CCN(c3ccc(C#N)cc3)C2=O)s1. The molecule has 1 saturated heterocycles. The summed E-state index contributed by atoms with van der Waals surface area (Å²) in [5, 5.41) is 20.8. The second-order valence-corrected chi connectivity index (χ2v) is 7.37. The van der Waals surface area contributed by atoms with Crippen LogP contribution >= 0.6 is 23.1 Å². The van der Waals surface area contributed by atoms with Crippen molar-refractivity contribution in [3.63, 3.8) is 0 Å². The second kappa shape index (κ2) is 6.98. The fourth-order valence-electron chi connectivity index (χ4n) is 2.34. The van der Waals surface area contributed by atoms with E-state index in [1.807, 2.05) is 19.1 Å².